The van der Waals surface area contributed by atoms with Gasteiger partial charge < -0.3 is 10.0 Å². The van der Waals surface area contributed by atoms with Gasteiger partial charge in [0.1, 0.15) is 6.07 Å². The zero-order valence-electron chi connectivity index (χ0n) is 10.7. The van der Waals surface area contributed by atoms with Crippen LogP contribution in [0.1, 0.15) is 12.1 Å². The molecule has 1 N–H and O–H groups in total. The molecule has 1 aromatic heterocycles. The molecule has 1 aliphatic heterocycles. The molecule has 1 aromatic carbocycles. The van der Waals surface area contributed by atoms with Crippen LogP contribution in [0.2, 0.25) is 0 Å². The standard InChI is InChI=1S/C14H12N4O2/c15-7-12-13(18-6-5-9(8-18)14(19)20)10-3-1-2-4-11(10)16-17-12/h1-4,9H,5-6,8H2,(H,19,20). The van der Waals surface area contributed by atoms with E-state index in [4.69, 9.17) is 5.11 Å². The maximum absolute atomic E-state index is 11.1. The van der Waals surface area contributed by atoms with Crippen LogP contribution in [0, 0.1) is 17.2 Å². The topological polar surface area (TPSA) is 90.1 Å². The van der Waals surface area contributed by atoms with Crippen molar-refractivity contribution in [3.05, 3.63) is 30.0 Å². The van der Waals surface area contributed by atoms with Crippen molar-refractivity contribution in [3.8, 4) is 6.07 Å². The van der Waals surface area contributed by atoms with E-state index < -0.39 is 11.9 Å². The number of benzene rings is 1. The fourth-order valence-corrected chi connectivity index (χ4v) is 2.60. The molecule has 20 heavy (non-hydrogen) atoms. The Bertz CT molecular complexity index is 723. The van der Waals surface area contributed by atoms with E-state index in [2.05, 4.69) is 10.2 Å². The summed E-state index contributed by atoms with van der Waals surface area (Å²) in [7, 11) is 0. The van der Waals surface area contributed by atoms with Crippen LogP contribution in [0.3, 0.4) is 0 Å². The molecule has 2 heterocycles. The molecular formula is C14H12N4O2. The Morgan fingerprint density at radius 3 is 2.90 bits per heavy atom. The quantitative estimate of drug-likeness (QED) is 0.885. The molecule has 6 heteroatoms. The van der Waals surface area contributed by atoms with Gasteiger partial charge in [-0.3, -0.25) is 4.79 Å². The van der Waals surface area contributed by atoms with Gasteiger partial charge in [-0.05, 0) is 12.5 Å². The molecule has 0 saturated carbocycles. The first-order chi connectivity index (χ1) is 9.70. The van der Waals surface area contributed by atoms with E-state index in [1.165, 1.54) is 0 Å². The van der Waals surface area contributed by atoms with Gasteiger partial charge in [-0.25, -0.2) is 0 Å². The summed E-state index contributed by atoms with van der Waals surface area (Å²) < 4.78 is 0. The van der Waals surface area contributed by atoms with Crippen molar-refractivity contribution in [2.24, 2.45) is 5.92 Å². The lowest BCUT2D eigenvalue weighted by molar-refractivity contribution is -0.140. The molecular weight excluding hydrogens is 256 g/mol. The summed E-state index contributed by atoms with van der Waals surface area (Å²) >= 11 is 0. The highest BCUT2D eigenvalue weighted by atomic mass is 16.4. The lowest BCUT2D eigenvalue weighted by atomic mass is 10.1. The van der Waals surface area contributed by atoms with E-state index in [1.54, 1.807) is 0 Å². The molecule has 0 spiro atoms. The number of aliphatic carboxylic acids is 1. The smallest absolute Gasteiger partial charge is 0.308 e. The number of anilines is 1. The minimum Gasteiger partial charge on any atom is -0.481 e. The number of carboxylic acid groups (broad SMARTS) is 1. The monoisotopic (exact) mass is 268 g/mol. The lowest BCUT2D eigenvalue weighted by Gasteiger charge is -2.20. The lowest BCUT2D eigenvalue weighted by Crippen LogP contribution is -2.24. The summed E-state index contributed by atoms with van der Waals surface area (Å²) in [5.74, 6) is -1.19. The summed E-state index contributed by atoms with van der Waals surface area (Å²) in [6.45, 7) is 1.01. The molecule has 3 rings (SSSR count). The summed E-state index contributed by atoms with van der Waals surface area (Å²) in [6.07, 6.45) is 0.580. The van der Waals surface area contributed by atoms with Crippen LogP contribution in [-0.4, -0.2) is 34.4 Å². The van der Waals surface area contributed by atoms with E-state index in [0.717, 1.165) is 5.39 Å². The van der Waals surface area contributed by atoms with Crippen molar-refractivity contribution in [1.29, 1.82) is 5.26 Å². The number of carboxylic acids is 1. The van der Waals surface area contributed by atoms with Crippen LogP contribution >= 0.6 is 0 Å². The van der Waals surface area contributed by atoms with Crippen LogP contribution in [0.15, 0.2) is 24.3 Å². The van der Waals surface area contributed by atoms with Crippen molar-refractivity contribution in [1.82, 2.24) is 10.2 Å². The van der Waals surface area contributed by atoms with Gasteiger partial charge in [-0.1, -0.05) is 18.2 Å². The second-order valence-electron chi connectivity index (χ2n) is 4.80. The first-order valence-corrected chi connectivity index (χ1v) is 6.34. The van der Waals surface area contributed by atoms with E-state index >= 15 is 0 Å². The second kappa shape index (κ2) is 4.78. The number of nitrogens with zero attached hydrogens (tertiary/aromatic N) is 4. The molecule has 100 valence electrons. The molecule has 1 atom stereocenters. The number of hydrogen-bond acceptors (Lipinski definition) is 5. The van der Waals surface area contributed by atoms with Crippen LogP contribution in [0.25, 0.3) is 10.9 Å². The van der Waals surface area contributed by atoms with E-state index in [-0.39, 0.29) is 5.69 Å². The van der Waals surface area contributed by atoms with E-state index in [9.17, 15) is 10.1 Å². The summed E-state index contributed by atoms with van der Waals surface area (Å²) in [6, 6.07) is 9.49. The maximum Gasteiger partial charge on any atom is 0.308 e. The van der Waals surface area contributed by atoms with Gasteiger partial charge in [0.25, 0.3) is 0 Å². The highest BCUT2D eigenvalue weighted by Crippen LogP contribution is 2.31. The van der Waals surface area contributed by atoms with Crippen LogP contribution in [0.5, 0.6) is 0 Å². The number of rotatable bonds is 2. The molecule has 0 aliphatic carbocycles. The second-order valence-corrected chi connectivity index (χ2v) is 4.80. The SMILES string of the molecule is N#Cc1nnc2ccccc2c1N1CCC(C(=O)O)C1. The van der Waals surface area contributed by atoms with Gasteiger partial charge in [0.15, 0.2) is 5.69 Å². The Labute approximate surface area is 115 Å². The van der Waals surface area contributed by atoms with Gasteiger partial charge in [0.2, 0.25) is 0 Å². The molecule has 0 radical (unpaired) electrons. The summed E-state index contributed by atoms with van der Waals surface area (Å²) in [5, 5.41) is 27.1. The highest BCUT2D eigenvalue weighted by molar-refractivity contribution is 5.93. The van der Waals surface area contributed by atoms with E-state index in [0.29, 0.717) is 30.7 Å². The fourth-order valence-electron chi connectivity index (χ4n) is 2.60. The predicted molar refractivity (Wildman–Crippen MR) is 72.2 cm³/mol. The number of hydrogen-bond donors (Lipinski definition) is 1. The zero-order valence-corrected chi connectivity index (χ0v) is 10.7. The van der Waals surface area contributed by atoms with Crippen molar-refractivity contribution in [3.63, 3.8) is 0 Å². The van der Waals surface area contributed by atoms with Gasteiger partial charge in [-0.15, -0.1) is 10.2 Å². The summed E-state index contributed by atoms with van der Waals surface area (Å²) in [5.41, 5.74) is 1.65. The first kappa shape index (κ1) is 12.4. The molecule has 1 aliphatic rings. The minimum absolute atomic E-state index is 0.245. The maximum atomic E-state index is 11.1. The minimum atomic E-state index is -0.794. The molecule has 1 saturated heterocycles. The number of nitriles is 1. The van der Waals surface area contributed by atoms with Crippen molar-refractivity contribution < 1.29 is 9.90 Å². The normalized spacial score (nSPS) is 18.1. The highest BCUT2D eigenvalue weighted by Gasteiger charge is 2.30. The fraction of sp³-hybridized carbons (Fsp3) is 0.286. The van der Waals surface area contributed by atoms with Crippen molar-refractivity contribution >= 4 is 22.6 Å². The van der Waals surface area contributed by atoms with Gasteiger partial charge >= 0.3 is 5.97 Å². The van der Waals surface area contributed by atoms with Crippen LogP contribution < -0.4 is 4.90 Å². The Morgan fingerprint density at radius 2 is 2.20 bits per heavy atom. The van der Waals surface area contributed by atoms with E-state index in [1.807, 2.05) is 35.2 Å². The van der Waals surface area contributed by atoms with Gasteiger partial charge in [-0.2, -0.15) is 5.26 Å². The first-order valence-electron chi connectivity index (χ1n) is 6.34. The Kier molecular flexibility index (Phi) is 2.95. The molecule has 1 unspecified atom stereocenters. The Morgan fingerprint density at radius 1 is 1.40 bits per heavy atom. The van der Waals surface area contributed by atoms with Crippen LogP contribution in [0.4, 0.5) is 5.69 Å². The van der Waals surface area contributed by atoms with Crippen molar-refractivity contribution in [2.75, 3.05) is 18.0 Å². The average molecular weight is 268 g/mol. The number of carbonyl (C=O) groups is 1. The zero-order chi connectivity index (χ0) is 14.1. The molecule has 0 bridgehead atoms. The number of aromatic nitrogens is 2. The van der Waals surface area contributed by atoms with Crippen LogP contribution in [-0.2, 0) is 4.79 Å². The summed E-state index contributed by atoms with van der Waals surface area (Å²) in [4.78, 5) is 13.0. The van der Waals surface area contributed by atoms with Gasteiger partial charge in [0.05, 0.1) is 17.1 Å². The Balaban J connectivity index is 2.11. The van der Waals surface area contributed by atoms with Gasteiger partial charge in [0, 0.05) is 18.5 Å². The van der Waals surface area contributed by atoms with Crippen molar-refractivity contribution in [2.45, 2.75) is 6.42 Å². The third kappa shape index (κ3) is 1.93. The average Bonchev–Trinajstić information content (AvgIpc) is 2.95. The largest absolute Gasteiger partial charge is 0.481 e. The third-order valence-corrected chi connectivity index (χ3v) is 3.60. The third-order valence-electron chi connectivity index (χ3n) is 3.60. The number of fused-ring (bicyclic) bond motifs is 1. The molecule has 1 fully saturated rings. The molecule has 0 amide bonds. The molecule has 2 aromatic rings. The Hall–Kier alpha value is -2.68. The predicted octanol–water partition coefficient (Wildman–Crippen LogP) is 1.41. The molecule has 6 nitrogen and oxygen atoms in total.